The molecule has 1 fully saturated rings. The van der Waals surface area contributed by atoms with E-state index in [0.29, 0.717) is 5.69 Å². The Kier molecular flexibility index (Phi) is 4.15. The molecule has 2 heterocycles. The molecule has 1 aliphatic rings. The van der Waals surface area contributed by atoms with Gasteiger partial charge in [-0.25, -0.2) is 0 Å². The first kappa shape index (κ1) is 12.8. The van der Waals surface area contributed by atoms with Crippen molar-refractivity contribution in [1.29, 1.82) is 0 Å². The van der Waals surface area contributed by atoms with Crippen molar-refractivity contribution in [3.05, 3.63) is 29.6 Å². The van der Waals surface area contributed by atoms with Crippen LogP contribution in [0.3, 0.4) is 0 Å². The lowest BCUT2D eigenvalue weighted by atomic mass is 9.99. The summed E-state index contributed by atoms with van der Waals surface area (Å²) in [6.07, 6.45) is 4.23. The number of pyridine rings is 1. The molecule has 1 aromatic rings. The zero-order valence-electron chi connectivity index (χ0n) is 10.7. The Morgan fingerprint density at radius 3 is 2.94 bits per heavy atom. The van der Waals surface area contributed by atoms with Crippen molar-refractivity contribution >= 4 is 5.84 Å². The zero-order chi connectivity index (χ0) is 13.0. The number of rotatable bonds is 3. The minimum atomic E-state index is 0.0594. The first-order valence-corrected chi connectivity index (χ1v) is 6.34. The quantitative estimate of drug-likeness (QED) is 0.367. The van der Waals surface area contributed by atoms with Crippen molar-refractivity contribution in [3.63, 3.8) is 0 Å². The Hall–Kier alpha value is -1.62. The van der Waals surface area contributed by atoms with E-state index >= 15 is 0 Å². The number of hydrogen-bond acceptors (Lipinski definition) is 4. The summed E-state index contributed by atoms with van der Waals surface area (Å²) >= 11 is 0. The first-order chi connectivity index (χ1) is 8.69. The average molecular weight is 248 g/mol. The topological polar surface area (TPSA) is 74.7 Å². The molecule has 0 atom stereocenters. The maximum Gasteiger partial charge on any atom is 0.188 e. The Bertz CT molecular complexity index is 425. The maximum atomic E-state index is 8.64. The summed E-state index contributed by atoms with van der Waals surface area (Å²) in [6.45, 7) is 5.49. The summed E-state index contributed by atoms with van der Waals surface area (Å²) < 4.78 is 0. The third kappa shape index (κ3) is 3.20. The number of aromatic nitrogens is 1. The molecule has 1 aromatic heterocycles. The van der Waals surface area contributed by atoms with Crippen LogP contribution >= 0.6 is 0 Å². The van der Waals surface area contributed by atoms with E-state index < -0.39 is 0 Å². The summed E-state index contributed by atoms with van der Waals surface area (Å²) in [7, 11) is 0. The molecule has 5 heteroatoms. The van der Waals surface area contributed by atoms with Gasteiger partial charge < -0.3 is 10.9 Å². The fraction of sp³-hybridized carbons (Fsp3) is 0.538. The third-order valence-corrected chi connectivity index (χ3v) is 3.48. The molecular weight excluding hydrogens is 228 g/mol. The number of nitrogens with two attached hydrogens (primary N) is 1. The van der Waals surface area contributed by atoms with Crippen molar-refractivity contribution < 1.29 is 5.21 Å². The first-order valence-electron chi connectivity index (χ1n) is 6.34. The second kappa shape index (κ2) is 5.82. The van der Waals surface area contributed by atoms with Crippen LogP contribution in [0.1, 0.15) is 31.0 Å². The van der Waals surface area contributed by atoms with E-state index in [1.807, 2.05) is 12.1 Å². The van der Waals surface area contributed by atoms with Gasteiger partial charge in [0.25, 0.3) is 0 Å². The van der Waals surface area contributed by atoms with E-state index in [2.05, 4.69) is 22.0 Å². The lowest BCUT2D eigenvalue weighted by molar-refractivity contribution is 0.185. The summed E-state index contributed by atoms with van der Waals surface area (Å²) in [5.74, 6) is 0.899. The molecule has 0 radical (unpaired) electrons. The van der Waals surface area contributed by atoms with Gasteiger partial charge >= 0.3 is 0 Å². The Labute approximate surface area is 107 Å². The average Bonchev–Trinajstić information content (AvgIpc) is 2.41. The van der Waals surface area contributed by atoms with E-state index in [0.717, 1.165) is 31.1 Å². The van der Waals surface area contributed by atoms with E-state index in [1.165, 1.54) is 12.8 Å². The maximum absolute atomic E-state index is 8.64. The van der Waals surface area contributed by atoms with Gasteiger partial charge in [0.2, 0.25) is 0 Å². The summed E-state index contributed by atoms with van der Waals surface area (Å²) in [5, 5.41) is 11.6. The SMILES string of the molecule is CC1CCN(Cc2ccnc(C(N)=NO)c2)CC1. The van der Waals surface area contributed by atoms with Crippen LogP contribution in [0.25, 0.3) is 0 Å². The van der Waals surface area contributed by atoms with Crippen LogP contribution in [0.5, 0.6) is 0 Å². The fourth-order valence-corrected chi connectivity index (χ4v) is 2.24. The highest BCUT2D eigenvalue weighted by molar-refractivity contribution is 5.95. The van der Waals surface area contributed by atoms with Crippen LogP contribution in [0.15, 0.2) is 23.5 Å². The van der Waals surface area contributed by atoms with E-state index in [4.69, 9.17) is 10.9 Å². The van der Waals surface area contributed by atoms with Gasteiger partial charge in [0.05, 0.1) is 0 Å². The van der Waals surface area contributed by atoms with Gasteiger partial charge in [0.1, 0.15) is 5.69 Å². The molecule has 5 nitrogen and oxygen atoms in total. The third-order valence-electron chi connectivity index (χ3n) is 3.48. The van der Waals surface area contributed by atoms with Crippen molar-refractivity contribution in [2.75, 3.05) is 13.1 Å². The normalized spacial score (nSPS) is 19.1. The van der Waals surface area contributed by atoms with Crippen LogP contribution in [0.4, 0.5) is 0 Å². The van der Waals surface area contributed by atoms with Gasteiger partial charge in [-0.15, -0.1) is 0 Å². The lowest BCUT2D eigenvalue weighted by Crippen LogP contribution is -2.32. The van der Waals surface area contributed by atoms with Crippen LogP contribution in [-0.4, -0.2) is 34.0 Å². The van der Waals surface area contributed by atoms with Crippen LogP contribution in [-0.2, 0) is 6.54 Å². The minimum Gasteiger partial charge on any atom is -0.409 e. The number of piperidine rings is 1. The molecule has 0 amide bonds. The van der Waals surface area contributed by atoms with E-state index in [1.54, 1.807) is 6.20 Å². The van der Waals surface area contributed by atoms with Crippen LogP contribution < -0.4 is 5.73 Å². The van der Waals surface area contributed by atoms with Gasteiger partial charge in [-0.1, -0.05) is 12.1 Å². The number of nitrogens with zero attached hydrogens (tertiary/aromatic N) is 3. The van der Waals surface area contributed by atoms with Crippen molar-refractivity contribution in [2.24, 2.45) is 16.8 Å². The highest BCUT2D eigenvalue weighted by atomic mass is 16.4. The number of likely N-dealkylation sites (tertiary alicyclic amines) is 1. The monoisotopic (exact) mass is 248 g/mol. The molecule has 0 spiro atoms. The summed E-state index contributed by atoms with van der Waals surface area (Å²) in [6, 6.07) is 3.86. The second-order valence-corrected chi connectivity index (χ2v) is 4.99. The standard InChI is InChI=1S/C13H20N4O/c1-10-3-6-17(7-4-10)9-11-2-5-15-12(8-11)13(14)16-18/h2,5,8,10,18H,3-4,6-7,9H2,1H3,(H2,14,16). The van der Waals surface area contributed by atoms with Gasteiger partial charge in [-0.3, -0.25) is 9.88 Å². The Morgan fingerprint density at radius 2 is 2.28 bits per heavy atom. The Morgan fingerprint density at radius 1 is 1.56 bits per heavy atom. The molecule has 2 rings (SSSR count). The molecule has 0 aromatic carbocycles. The van der Waals surface area contributed by atoms with Crippen molar-refractivity contribution in [1.82, 2.24) is 9.88 Å². The number of oxime groups is 1. The fourth-order valence-electron chi connectivity index (χ4n) is 2.24. The van der Waals surface area contributed by atoms with E-state index in [-0.39, 0.29) is 5.84 Å². The molecule has 0 aliphatic carbocycles. The van der Waals surface area contributed by atoms with E-state index in [9.17, 15) is 0 Å². The zero-order valence-corrected chi connectivity index (χ0v) is 10.7. The van der Waals surface area contributed by atoms with Gasteiger partial charge in [0, 0.05) is 12.7 Å². The smallest absolute Gasteiger partial charge is 0.188 e. The van der Waals surface area contributed by atoms with Crippen LogP contribution in [0.2, 0.25) is 0 Å². The number of hydrogen-bond donors (Lipinski definition) is 2. The lowest BCUT2D eigenvalue weighted by Gasteiger charge is -2.30. The van der Waals surface area contributed by atoms with Gasteiger partial charge in [0.15, 0.2) is 5.84 Å². The molecule has 98 valence electrons. The van der Waals surface area contributed by atoms with Gasteiger partial charge in [-0.05, 0) is 49.5 Å². The molecule has 0 saturated carbocycles. The van der Waals surface area contributed by atoms with Gasteiger partial charge in [-0.2, -0.15) is 0 Å². The molecule has 1 aliphatic heterocycles. The molecule has 0 bridgehead atoms. The predicted octanol–water partition coefficient (Wildman–Crippen LogP) is 1.41. The number of amidine groups is 1. The van der Waals surface area contributed by atoms with Crippen molar-refractivity contribution in [3.8, 4) is 0 Å². The molecule has 0 unspecified atom stereocenters. The Balaban J connectivity index is 2.01. The second-order valence-electron chi connectivity index (χ2n) is 4.99. The van der Waals surface area contributed by atoms with Crippen LogP contribution in [0, 0.1) is 5.92 Å². The highest BCUT2D eigenvalue weighted by Crippen LogP contribution is 2.18. The predicted molar refractivity (Wildman–Crippen MR) is 70.4 cm³/mol. The molecule has 1 saturated heterocycles. The molecule has 18 heavy (non-hydrogen) atoms. The minimum absolute atomic E-state index is 0.0594. The summed E-state index contributed by atoms with van der Waals surface area (Å²) in [4.78, 5) is 6.52. The molecular formula is C13H20N4O. The highest BCUT2D eigenvalue weighted by Gasteiger charge is 2.15. The van der Waals surface area contributed by atoms with Crippen molar-refractivity contribution in [2.45, 2.75) is 26.3 Å². The summed E-state index contributed by atoms with van der Waals surface area (Å²) in [5.41, 5.74) is 7.22. The molecule has 3 N–H and O–H groups in total. The largest absolute Gasteiger partial charge is 0.409 e.